The molecule has 158 valence electrons. The number of guanidine groups is 1. The van der Waals surface area contributed by atoms with Crippen LogP contribution in [-0.2, 0) is 0 Å². The number of nitrogens with zero attached hydrogens (tertiary/aromatic N) is 3. The highest BCUT2D eigenvalue weighted by Gasteiger charge is 2.25. The molecule has 2 aromatic rings. The highest BCUT2D eigenvalue weighted by atomic mass is 127. The molecular formula is C20H27ClIN5O2. The Balaban J connectivity index is 0.00000300. The summed E-state index contributed by atoms with van der Waals surface area (Å²) >= 11 is 6.26. The van der Waals surface area contributed by atoms with E-state index < -0.39 is 0 Å². The van der Waals surface area contributed by atoms with E-state index in [4.69, 9.17) is 21.1 Å². The van der Waals surface area contributed by atoms with Gasteiger partial charge in [-0.2, -0.15) is 0 Å². The Hall–Kier alpha value is -1.94. The molecule has 29 heavy (non-hydrogen) atoms. The average Bonchev–Trinajstić information content (AvgIpc) is 3.19. The molecular weight excluding hydrogens is 505 g/mol. The van der Waals surface area contributed by atoms with Gasteiger partial charge in [0.2, 0.25) is 0 Å². The van der Waals surface area contributed by atoms with Crippen molar-refractivity contribution < 1.29 is 9.47 Å². The van der Waals surface area contributed by atoms with E-state index in [1.54, 1.807) is 20.4 Å². The number of nitrogens with one attached hydrogen (secondary N) is 2. The average molecular weight is 532 g/mol. The number of rotatable bonds is 7. The molecule has 7 nitrogen and oxygen atoms in total. The first kappa shape index (κ1) is 23.3. The Morgan fingerprint density at radius 2 is 2.14 bits per heavy atom. The minimum atomic E-state index is 0. The summed E-state index contributed by atoms with van der Waals surface area (Å²) in [5, 5.41) is 7.42. The van der Waals surface area contributed by atoms with Gasteiger partial charge in [0.25, 0.3) is 0 Å². The molecule has 0 radical (unpaired) electrons. The van der Waals surface area contributed by atoms with Gasteiger partial charge in [0.1, 0.15) is 23.9 Å². The van der Waals surface area contributed by atoms with Crippen LogP contribution in [0.2, 0.25) is 5.02 Å². The number of halogens is 2. The SMILES string of the molecule is CN=C(NCCOc1cccc(OC)c1)NC1CCN(c2ncccc2Cl)C1.I. The smallest absolute Gasteiger partial charge is 0.191 e. The van der Waals surface area contributed by atoms with Gasteiger partial charge in [0.15, 0.2) is 5.96 Å². The van der Waals surface area contributed by atoms with Crippen molar-refractivity contribution >= 4 is 47.4 Å². The molecule has 1 saturated heterocycles. The van der Waals surface area contributed by atoms with Crippen molar-refractivity contribution in [3.63, 3.8) is 0 Å². The molecule has 1 aliphatic rings. The molecule has 9 heteroatoms. The van der Waals surface area contributed by atoms with Gasteiger partial charge in [-0.25, -0.2) is 4.98 Å². The Labute approximate surface area is 193 Å². The molecule has 1 fully saturated rings. The van der Waals surface area contributed by atoms with Crippen LogP contribution in [0.4, 0.5) is 5.82 Å². The molecule has 2 N–H and O–H groups in total. The summed E-state index contributed by atoms with van der Waals surface area (Å²) in [7, 11) is 3.41. The summed E-state index contributed by atoms with van der Waals surface area (Å²) in [6, 6.07) is 11.6. The molecule has 3 rings (SSSR count). The van der Waals surface area contributed by atoms with Crippen molar-refractivity contribution in [1.29, 1.82) is 0 Å². The molecule has 2 heterocycles. The van der Waals surface area contributed by atoms with E-state index in [1.807, 2.05) is 36.4 Å². The molecule has 0 spiro atoms. The highest BCUT2D eigenvalue weighted by Crippen LogP contribution is 2.25. The van der Waals surface area contributed by atoms with Crippen molar-refractivity contribution in [3.05, 3.63) is 47.6 Å². The third-order valence-electron chi connectivity index (χ3n) is 4.50. The minimum Gasteiger partial charge on any atom is -0.497 e. The number of hydrogen-bond donors (Lipinski definition) is 2. The summed E-state index contributed by atoms with van der Waals surface area (Å²) in [6.07, 6.45) is 2.76. The minimum absolute atomic E-state index is 0. The number of aliphatic imine (C=N–C) groups is 1. The maximum atomic E-state index is 6.26. The largest absolute Gasteiger partial charge is 0.497 e. The number of benzene rings is 1. The zero-order valence-electron chi connectivity index (χ0n) is 16.6. The third-order valence-corrected chi connectivity index (χ3v) is 4.79. The first-order chi connectivity index (χ1) is 13.7. The van der Waals surface area contributed by atoms with E-state index >= 15 is 0 Å². The van der Waals surface area contributed by atoms with E-state index in [0.29, 0.717) is 18.2 Å². The number of ether oxygens (including phenoxy) is 2. The maximum absolute atomic E-state index is 6.26. The zero-order chi connectivity index (χ0) is 19.8. The highest BCUT2D eigenvalue weighted by molar-refractivity contribution is 14.0. The van der Waals surface area contributed by atoms with Crippen LogP contribution in [0.1, 0.15) is 6.42 Å². The topological polar surface area (TPSA) is 71.0 Å². The van der Waals surface area contributed by atoms with Gasteiger partial charge in [-0.05, 0) is 30.7 Å². The van der Waals surface area contributed by atoms with Crippen LogP contribution in [-0.4, -0.2) is 57.4 Å². The number of pyridine rings is 1. The fraction of sp³-hybridized carbons (Fsp3) is 0.400. The Morgan fingerprint density at radius 1 is 1.31 bits per heavy atom. The van der Waals surface area contributed by atoms with Crippen molar-refractivity contribution in [2.45, 2.75) is 12.5 Å². The molecule has 1 atom stereocenters. The van der Waals surface area contributed by atoms with E-state index in [0.717, 1.165) is 42.8 Å². The molecule has 0 aliphatic carbocycles. The molecule has 1 unspecified atom stereocenters. The second-order valence-electron chi connectivity index (χ2n) is 6.41. The predicted octanol–water partition coefficient (Wildman–Crippen LogP) is 3.18. The summed E-state index contributed by atoms with van der Waals surface area (Å²) in [5.74, 6) is 3.15. The van der Waals surface area contributed by atoms with Crippen LogP contribution in [0.15, 0.2) is 47.6 Å². The summed E-state index contributed by atoms with van der Waals surface area (Å²) in [6.45, 7) is 2.90. The van der Waals surface area contributed by atoms with E-state index in [1.165, 1.54) is 0 Å². The van der Waals surface area contributed by atoms with Crippen molar-refractivity contribution in [2.24, 2.45) is 4.99 Å². The fourth-order valence-electron chi connectivity index (χ4n) is 3.10. The number of hydrogen-bond acceptors (Lipinski definition) is 5. The number of aromatic nitrogens is 1. The van der Waals surface area contributed by atoms with Crippen LogP contribution in [0.5, 0.6) is 11.5 Å². The molecule has 0 saturated carbocycles. The van der Waals surface area contributed by atoms with Crippen LogP contribution in [0, 0.1) is 0 Å². The Bertz CT molecular complexity index is 808. The van der Waals surface area contributed by atoms with Crippen molar-refractivity contribution in [3.8, 4) is 11.5 Å². The quantitative estimate of drug-likeness (QED) is 0.248. The normalized spacial score (nSPS) is 16.2. The van der Waals surface area contributed by atoms with Crippen molar-refractivity contribution in [2.75, 3.05) is 45.3 Å². The number of anilines is 1. The van der Waals surface area contributed by atoms with Gasteiger partial charge in [-0.15, -0.1) is 24.0 Å². The van der Waals surface area contributed by atoms with Crippen LogP contribution in [0.25, 0.3) is 0 Å². The van der Waals surface area contributed by atoms with Gasteiger partial charge >= 0.3 is 0 Å². The van der Waals surface area contributed by atoms with Gasteiger partial charge in [-0.1, -0.05) is 17.7 Å². The molecule has 1 aromatic heterocycles. The summed E-state index contributed by atoms with van der Waals surface area (Å²) in [5.41, 5.74) is 0. The zero-order valence-corrected chi connectivity index (χ0v) is 19.7. The second-order valence-corrected chi connectivity index (χ2v) is 6.82. The van der Waals surface area contributed by atoms with Gasteiger partial charge in [0.05, 0.1) is 18.7 Å². The standard InChI is InChI=1S/C20H26ClN5O2.HI/c1-22-20(24-10-12-28-17-6-3-5-16(13-17)27-2)25-15-8-11-26(14-15)19-18(21)7-4-9-23-19;/h3-7,9,13,15H,8,10-12,14H2,1-2H3,(H2,22,24,25);1H. The fourth-order valence-corrected chi connectivity index (χ4v) is 3.34. The lowest BCUT2D eigenvalue weighted by Gasteiger charge is -2.20. The molecule has 0 amide bonds. The maximum Gasteiger partial charge on any atom is 0.191 e. The van der Waals surface area contributed by atoms with Gasteiger partial charge < -0.3 is 25.0 Å². The van der Waals surface area contributed by atoms with Crippen LogP contribution < -0.4 is 25.0 Å². The Kier molecular flexibility index (Phi) is 9.59. The summed E-state index contributed by atoms with van der Waals surface area (Å²) in [4.78, 5) is 10.9. The lowest BCUT2D eigenvalue weighted by Crippen LogP contribution is -2.45. The Morgan fingerprint density at radius 3 is 2.90 bits per heavy atom. The second kappa shape index (κ2) is 11.9. The number of methoxy groups -OCH3 is 1. The van der Waals surface area contributed by atoms with Gasteiger partial charge in [0, 0.05) is 38.4 Å². The van der Waals surface area contributed by atoms with E-state index in [-0.39, 0.29) is 30.0 Å². The molecule has 0 bridgehead atoms. The first-order valence-electron chi connectivity index (χ1n) is 9.29. The molecule has 1 aromatic carbocycles. The van der Waals surface area contributed by atoms with E-state index in [9.17, 15) is 0 Å². The summed E-state index contributed by atoms with van der Waals surface area (Å²) < 4.78 is 10.9. The van der Waals surface area contributed by atoms with E-state index in [2.05, 4.69) is 25.5 Å². The van der Waals surface area contributed by atoms with Crippen molar-refractivity contribution in [1.82, 2.24) is 15.6 Å². The first-order valence-corrected chi connectivity index (χ1v) is 9.67. The monoisotopic (exact) mass is 531 g/mol. The van der Waals surface area contributed by atoms with Crippen LogP contribution in [0.3, 0.4) is 0 Å². The predicted molar refractivity (Wildman–Crippen MR) is 128 cm³/mol. The molecule has 1 aliphatic heterocycles. The lowest BCUT2D eigenvalue weighted by molar-refractivity contribution is 0.318. The van der Waals surface area contributed by atoms with Crippen LogP contribution >= 0.6 is 35.6 Å². The van der Waals surface area contributed by atoms with Gasteiger partial charge in [-0.3, -0.25) is 4.99 Å². The third kappa shape index (κ3) is 6.81. The lowest BCUT2D eigenvalue weighted by atomic mass is 10.3.